The molecule has 0 saturated carbocycles. The first kappa shape index (κ1) is 23.3. The molecule has 0 amide bonds. The number of halogens is 1. The Balaban J connectivity index is 1.81. The van der Waals surface area contributed by atoms with Crippen LogP contribution in [0.5, 0.6) is 0 Å². The summed E-state index contributed by atoms with van der Waals surface area (Å²) in [6, 6.07) is 2.38. The van der Waals surface area contributed by atoms with Crippen LogP contribution in [-0.4, -0.2) is 54.2 Å². The van der Waals surface area contributed by atoms with Gasteiger partial charge in [-0.2, -0.15) is 5.10 Å². The zero-order valence-electron chi connectivity index (χ0n) is 19.4. The molecule has 3 rings (SSSR count). The average molecular weight is 447 g/mol. The van der Waals surface area contributed by atoms with Gasteiger partial charge in [0.1, 0.15) is 10.8 Å². The van der Waals surface area contributed by atoms with Crippen molar-refractivity contribution in [2.45, 2.75) is 77.2 Å². The number of nitrogens with zero attached hydrogens (tertiary/aromatic N) is 4. The molecule has 1 aliphatic rings. The molecule has 30 heavy (non-hydrogen) atoms. The maximum absolute atomic E-state index is 6.38. The van der Waals surface area contributed by atoms with Crippen LogP contribution in [0.15, 0.2) is 12.3 Å². The van der Waals surface area contributed by atoms with Crippen molar-refractivity contribution in [2.75, 3.05) is 20.2 Å². The van der Waals surface area contributed by atoms with Gasteiger partial charge in [-0.25, -0.2) is 4.98 Å². The number of fused-ring (bicyclic) bond motifs is 1. The van der Waals surface area contributed by atoms with Gasteiger partial charge in [0.05, 0.1) is 23.0 Å². The van der Waals surface area contributed by atoms with Gasteiger partial charge < -0.3 is 4.43 Å². The van der Waals surface area contributed by atoms with E-state index < -0.39 is 8.32 Å². The molecule has 0 N–H and O–H groups in total. The zero-order chi connectivity index (χ0) is 22.1. The molecule has 0 aromatic carbocycles. The number of likely N-dealkylation sites (tertiary alicyclic amines) is 1. The second-order valence-corrected chi connectivity index (χ2v) is 15.2. The van der Waals surface area contributed by atoms with E-state index in [-0.39, 0.29) is 11.1 Å². The summed E-state index contributed by atoms with van der Waals surface area (Å²) in [5, 5.41) is 6.51. The van der Waals surface area contributed by atoms with Crippen molar-refractivity contribution in [1.29, 1.82) is 0 Å². The molecule has 0 spiro atoms. The van der Waals surface area contributed by atoms with E-state index in [1.165, 1.54) is 6.42 Å². The molecule has 2 atom stereocenters. The number of hydrogen-bond donors (Lipinski definition) is 0. The van der Waals surface area contributed by atoms with E-state index in [4.69, 9.17) is 21.1 Å². The molecule has 0 radical (unpaired) electrons. The summed E-state index contributed by atoms with van der Waals surface area (Å²) >= 11 is 6.20. The highest BCUT2D eigenvalue weighted by Crippen LogP contribution is 2.37. The van der Waals surface area contributed by atoms with Crippen LogP contribution in [0.4, 0.5) is 0 Å². The van der Waals surface area contributed by atoms with Crippen LogP contribution in [0.2, 0.25) is 23.3 Å². The Hall–Kier alpha value is -1.39. The van der Waals surface area contributed by atoms with Crippen LogP contribution >= 0.6 is 11.6 Å². The van der Waals surface area contributed by atoms with Crippen molar-refractivity contribution >= 4 is 30.8 Å². The Morgan fingerprint density at radius 2 is 2.10 bits per heavy atom. The minimum absolute atomic E-state index is 0.181. The standard InChI is InChI=1S/C23H35ClN4OSi/c1-17(12-14-29-30(6,7)23(2,3)4)28-21-15-22(24)25-16-19(21)20(26-28)11-10-18-9-8-13-27(18)5/h15-18H,8-9,12-14H2,1-7H3/t17-,18+/m0/s1. The van der Waals surface area contributed by atoms with Gasteiger partial charge >= 0.3 is 0 Å². The Kier molecular flexibility index (Phi) is 6.98. The second kappa shape index (κ2) is 9.00. The summed E-state index contributed by atoms with van der Waals surface area (Å²) in [6.45, 7) is 15.4. The first-order valence-electron chi connectivity index (χ1n) is 10.9. The maximum Gasteiger partial charge on any atom is 0.191 e. The summed E-state index contributed by atoms with van der Waals surface area (Å²) in [4.78, 5) is 6.58. The van der Waals surface area contributed by atoms with Crippen molar-refractivity contribution in [3.8, 4) is 11.8 Å². The average Bonchev–Trinajstić information content (AvgIpc) is 3.21. The van der Waals surface area contributed by atoms with E-state index in [0.717, 1.165) is 42.6 Å². The highest BCUT2D eigenvalue weighted by Gasteiger charge is 2.37. The maximum atomic E-state index is 6.38. The van der Waals surface area contributed by atoms with Crippen molar-refractivity contribution in [3.05, 3.63) is 23.1 Å². The lowest BCUT2D eigenvalue weighted by Crippen LogP contribution is -2.41. The van der Waals surface area contributed by atoms with E-state index in [9.17, 15) is 0 Å². The van der Waals surface area contributed by atoms with Gasteiger partial charge in [-0.1, -0.05) is 38.3 Å². The monoisotopic (exact) mass is 446 g/mol. The summed E-state index contributed by atoms with van der Waals surface area (Å²) in [5.74, 6) is 6.73. The molecule has 2 aromatic heterocycles. The quantitative estimate of drug-likeness (QED) is 0.345. The fraction of sp³-hybridized carbons (Fsp3) is 0.652. The van der Waals surface area contributed by atoms with Crippen molar-refractivity contribution in [2.24, 2.45) is 0 Å². The topological polar surface area (TPSA) is 43.2 Å². The molecule has 164 valence electrons. The molecule has 5 nitrogen and oxygen atoms in total. The number of hydrogen-bond acceptors (Lipinski definition) is 4. The predicted molar refractivity (Wildman–Crippen MR) is 128 cm³/mol. The van der Waals surface area contributed by atoms with E-state index in [0.29, 0.717) is 11.2 Å². The summed E-state index contributed by atoms with van der Waals surface area (Å²) in [7, 11) is 0.381. The molecule has 0 aliphatic carbocycles. The summed E-state index contributed by atoms with van der Waals surface area (Å²) < 4.78 is 8.42. The third kappa shape index (κ3) is 5.08. The molecular weight excluding hydrogens is 412 g/mol. The van der Waals surface area contributed by atoms with E-state index in [1.807, 2.05) is 10.7 Å². The van der Waals surface area contributed by atoms with Crippen LogP contribution in [0, 0.1) is 11.8 Å². The highest BCUT2D eigenvalue weighted by atomic mass is 35.5. The third-order valence-corrected chi connectivity index (χ3v) is 11.4. The number of aromatic nitrogens is 3. The van der Waals surface area contributed by atoms with Gasteiger partial charge in [0.15, 0.2) is 8.32 Å². The first-order chi connectivity index (χ1) is 14.0. The molecule has 2 aromatic rings. The largest absolute Gasteiger partial charge is 0.417 e. The Morgan fingerprint density at radius 3 is 2.73 bits per heavy atom. The molecule has 0 bridgehead atoms. The molecule has 7 heteroatoms. The van der Waals surface area contributed by atoms with Gasteiger partial charge in [0, 0.05) is 18.9 Å². The lowest BCUT2D eigenvalue weighted by Gasteiger charge is -2.36. The van der Waals surface area contributed by atoms with Crippen molar-refractivity contribution in [1.82, 2.24) is 19.7 Å². The van der Waals surface area contributed by atoms with Crippen LogP contribution in [-0.2, 0) is 4.43 Å². The van der Waals surface area contributed by atoms with Gasteiger partial charge in [0.25, 0.3) is 0 Å². The van der Waals surface area contributed by atoms with E-state index in [2.05, 4.69) is 69.6 Å². The van der Waals surface area contributed by atoms with Gasteiger partial charge in [-0.15, -0.1) is 0 Å². The SMILES string of the molecule is C[C@@H](CCO[Si](C)(C)C(C)(C)C)n1nc(C#C[C@H]2CCCN2C)c2cnc(Cl)cc21. The molecule has 1 saturated heterocycles. The lowest BCUT2D eigenvalue weighted by atomic mass is 10.2. The molecular formula is C23H35ClN4OSi. The first-order valence-corrected chi connectivity index (χ1v) is 14.2. The second-order valence-electron chi connectivity index (χ2n) is 9.97. The van der Waals surface area contributed by atoms with Crippen molar-refractivity contribution < 1.29 is 4.43 Å². The van der Waals surface area contributed by atoms with Gasteiger partial charge in [-0.3, -0.25) is 9.58 Å². The third-order valence-electron chi connectivity index (χ3n) is 6.66. The number of pyridine rings is 1. The van der Waals surface area contributed by atoms with E-state index >= 15 is 0 Å². The summed E-state index contributed by atoms with van der Waals surface area (Å²) in [6.07, 6.45) is 5.00. The number of rotatable bonds is 5. The van der Waals surface area contributed by atoms with Crippen LogP contribution < -0.4 is 0 Å². The van der Waals surface area contributed by atoms with E-state index in [1.54, 1.807) is 6.20 Å². The molecule has 1 aliphatic heterocycles. The van der Waals surface area contributed by atoms with Crippen LogP contribution in [0.25, 0.3) is 10.9 Å². The Bertz CT molecular complexity index is 954. The highest BCUT2D eigenvalue weighted by molar-refractivity contribution is 6.74. The minimum atomic E-state index is -1.75. The fourth-order valence-electron chi connectivity index (χ4n) is 3.50. The fourth-order valence-corrected chi connectivity index (χ4v) is 4.72. The van der Waals surface area contributed by atoms with Crippen LogP contribution in [0.1, 0.15) is 58.7 Å². The molecule has 0 unspecified atom stereocenters. The molecule has 1 fully saturated rings. The van der Waals surface area contributed by atoms with Gasteiger partial charge in [-0.05, 0) is 63.8 Å². The summed E-state index contributed by atoms with van der Waals surface area (Å²) in [5.41, 5.74) is 1.77. The Labute approximate surface area is 187 Å². The molecule has 3 heterocycles. The lowest BCUT2D eigenvalue weighted by molar-refractivity contribution is 0.257. The van der Waals surface area contributed by atoms with Gasteiger partial charge in [0.2, 0.25) is 0 Å². The normalized spacial score (nSPS) is 19.1. The smallest absolute Gasteiger partial charge is 0.191 e. The zero-order valence-corrected chi connectivity index (χ0v) is 21.2. The predicted octanol–water partition coefficient (Wildman–Crippen LogP) is 5.50. The minimum Gasteiger partial charge on any atom is -0.417 e. The van der Waals surface area contributed by atoms with Crippen LogP contribution in [0.3, 0.4) is 0 Å². The Morgan fingerprint density at radius 1 is 1.37 bits per heavy atom. The van der Waals surface area contributed by atoms with Crippen molar-refractivity contribution in [3.63, 3.8) is 0 Å².